The summed E-state index contributed by atoms with van der Waals surface area (Å²) in [5, 5.41) is 9.42. The molecule has 19 heavy (non-hydrogen) atoms. The van der Waals surface area contributed by atoms with Crippen LogP contribution in [0, 0.1) is 0 Å². The van der Waals surface area contributed by atoms with Gasteiger partial charge in [-0.1, -0.05) is 24.3 Å². The van der Waals surface area contributed by atoms with Crippen LogP contribution in [0.25, 0.3) is 0 Å². The molecule has 0 spiro atoms. The molecule has 1 atom stereocenters. The summed E-state index contributed by atoms with van der Waals surface area (Å²) in [6.07, 6.45) is -0.448. The van der Waals surface area contributed by atoms with Crippen LogP contribution in [-0.2, 0) is 6.61 Å². The molecule has 0 radical (unpaired) electrons. The third-order valence-corrected chi connectivity index (χ3v) is 2.93. The number of benzene rings is 2. The number of aliphatic hydroxyl groups is 1. The molecular weight excluding hydrogens is 240 g/mol. The van der Waals surface area contributed by atoms with Crippen molar-refractivity contribution in [1.82, 2.24) is 0 Å². The molecule has 100 valence electrons. The first kappa shape index (κ1) is 13.4. The van der Waals surface area contributed by atoms with Gasteiger partial charge in [-0.2, -0.15) is 0 Å². The van der Waals surface area contributed by atoms with E-state index >= 15 is 0 Å². The lowest BCUT2D eigenvalue weighted by molar-refractivity contribution is 0.199. The van der Waals surface area contributed by atoms with Gasteiger partial charge in [0.05, 0.1) is 13.2 Å². The van der Waals surface area contributed by atoms with Crippen LogP contribution in [-0.4, -0.2) is 12.2 Å². The molecule has 0 aliphatic heterocycles. The first-order chi connectivity index (χ1) is 9.19. The maximum atomic E-state index is 9.42. The SMILES string of the molecule is COc1ccc(COc2ccc([C@@H](C)O)cc2)cc1. The zero-order chi connectivity index (χ0) is 13.7. The second kappa shape index (κ2) is 6.25. The molecule has 0 heterocycles. The van der Waals surface area contributed by atoms with Gasteiger partial charge >= 0.3 is 0 Å². The fourth-order valence-electron chi connectivity index (χ4n) is 1.73. The minimum absolute atomic E-state index is 0.448. The predicted octanol–water partition coefficient (Wildman–Crippen LogP) is 3.33. The molecule has 0 aliphatic rings. The first-order valence-corrected chi connectivity index (χ1v) is 6.23. The van der Waals surface area contributed by atoms with Crippen LogP contribution in [0.15, 0.2) is 48.5 Å². The molecule has 0 amide bonds. The Labute approximate surface area is 113 Å². The summed E-state index contributed by atoms with van der Waals surface area (Å²) in [5.74, 6) is 1.63. The number of aliphatic hydroxyl groups excluding tert-OH is 1. The van der Waals surface area contributed by atoms with Crippen LogP contribution in [0.5, 0.6) is 11.5 Å². The zero-order valence-electron chi connectivity index (χ0n) is 11.2. The Hall–Kier alpha value is -2.00. The molecule has 0 aliphatic carbocycles. The van der Waals surface area contributed by atoms with Crippen LogP contribution < -0.4 is 9.47 Å². The van der Waals surface area contributed by atoms with Gasteiger partial charge in [0.25, 0.3) is 0 Å². The molecule has 0 saturated heterocycles. The van der Waals surface area contributed by atoms with Gasteiger partial charge in [-0.05, 0) is 42.3 Å². The molecule has 0 fully saturated rings. The molecule has 0 aromatic heterocycles. The van der Waals surface area contributed by atoms with Gasteiger partial charge in [-0.3, -0.25) is 0 Å². The molecule has 1 N–H and O–H groups in total. The van der Waals surface area contributed by atoms with Gasteiger partial charge in [-0.15, -0.1) is 0 Å². The number of rotatable bonds is 5. The highest BCUT2D eigenvalue weighted by atomic mass is 16.5. The lowest BCUT2D eigenvalue weighted by Crippen LogP contribution is -1.96. The Bertz CT molecular complexity index is 501. The van der Waals surface area contributed by atoms with Crippen molar-refractivity contribution in [2.45, 2.75) is 19.6 Å². The number of hydrogen-bond donors (Lipinski definition) is 1. The average Bonchev–Trinajstić information content (AvgIpc) is 2.46. The lowest BCUT2D eigenvalue weighted by atomic mass is 10.1. The maximum Gasteiger partial charge on any atom is 0.119 e. The van der Waals surface area contributed by atoms with E-state index in [0.717, 1.165) is 22.6 Å². The highest BCUT2D eigenvalue weighted by molar-refractivity contribution is 5.30. The Morgan fingerprint density at radius 3 is 2.05 bits per heavy atom. The van der Waals surface area contributed by atoms with Gasteiger partial charge in [0.1, 0.15) is 18.1 Å². The van der Waals surface area contributed by atoms with E-state index < -0.39 is 6.10 Å². The summed E-state index contributed by atoms with van der Waals surface area (Å²) in [6.45, 7) is 2.26. The van der Waals surface area contributed by atoms with Crippen LogP contribution in [0.3, 0.4) is 0 Å². The van der Waals surface area contributed by atoms with E-state index in [1.807, 2.05) is 48.5 Å². The summed E-state index contributed by atoms with van der Waals surface area (Å²) in [5.41, 5.74) is 1.97. The average molecular weight is 258 g/mol. The Morgan fingerprint density at radius 1 is 0.947 bits per heavy atom. The topological polar surface area (TPSA) is 38.7 Å². The van der Waals surface area contributed by atoms with E-state index in [9.17, 15) is 5.11 Å². The van der Waals surface area contributed by atoms with Gasteiger partial charge in [0.2, 0.25) is 0 Å². The summed E-state index contributed by atoms with van der Waals surface area (Å²) in [6, 6.07) is 15.2. The van der Waals surface area contributed by atoms with E-state index in [1.165, 1.54) is 0 Å². The largest absolute Gasteiger partial charge is 0.497 e. The van der Waals surface area contributed by atoms with Gasteiger partial charge < -0.3 is 14.6 Å². The highest BCUT2D eigenvalue weighted by Crippen LogP contribution is 2.19. The van der Waals surface area contributed by atoms with Crippen LogP contribution >= 0.6 is 0 Å². The molecule has 2 aromatic carbocycles. The van der Waals surface area contributed by atoms with E-state index in [1.54, 1.807) is 14.0 Å². The second-order valence-corrected chi connectivity index (χ2v) is 4.38. The monoisotopic (exact) mass is 258 g/mol. The van der Waals surface area contributed by atoms with Gasteiger partial charge in [0, 0.05) is 0 Å². The minimum Gasteiger partial charge on any atom is -0.497 e. The smallest absolute Gasteiger partial charge is 0.119 e. The fourth-order valence-corrected chi connectivity index (χ4v) is 1.73. The van der Waals surface area contributed by atoms with Gasteiger partial charge in [0.15, 0.2) is 0 Å². The van der Waals surface area contributed by atoms with Crippen molar-refractivity contribution in [2.75, 3.05) is 7.11 Å². The summed E-state index contributed by atoms with van der Waals surface area (Å²) in [7, 11) is 1.65. The normalized spacial score (nSPS) is 11.9. The number of ether oxygens (including phenoxy) is 2. The van der Waals surface area contributed by atoms with Crippen molar-refractivity contribution in [2.24, 2.45) is 0 Å². The van der Waals surface area contributed by atoms with E-state index in [-0.39, 0.29) is 0 Å². The molecule has 0 unspecified atom stereocenters. The summed E-state index contributed by atoms with van der Waals surface area (Å²) >= 11 is 0. The molecule has 0 saturated carbocycles. The van der Waals surface area contributed by atoms with Crippen molar-refractivity contribution < 1.29 is 14.6 Å². The molecule has 0 bridgehead atoms. The number of methoxy groups -OCH3 is 1. The Morgan fingerprint density at radius 2 is 1.53 bits per heavy atom. The fraction of sp³-hybridized carbons (Fsp3) is 0.250. The number of hydrogen-bond acceptors (Lipinski definition) is 3. The third-order valence-electron chi connectivity index (χ3n) is 2.93. The van der Waals surface area contributed by atoms with Crippen molar-refractivity contribution >= 4 is 0 Å². The maximum absolute atomic E-state index is 9.42. The lowest BCUT2D eigenvalue weighted by Gasteiger charge is -2.09. The third kappa shape index (κ3) is 3.73. The van der Waals surface area contributed by atoms with Crippen LogP contribution in [0.1, 0.15) is 24.2 Å². The van der Waals surface area contributed by atoms with Crippen LogP contribution in [0.4, 0.5) is 0 Å². The first-order valence-electron chi connectivity index (χ1n) is 6.23. The Kier molecular flexibility index (Phi) is 4.42. The molecule has 2 rings (SSSR count). The molecule has 3 heteroatoms. The molecular formula is C16H18O3. The minimum atomic E-state index is -0.448. The standard InChI is InChI=1S/C16H18O3/c1-12(17)14-5-9-16(10-6-14)19-11-13-3-7-15(18-2)8-4-13/h3-10,12,17H,11H2,1-2H3/t12-/m1/s1. The predicted molar refractivity (Wildman–Crippen MR) is 74.4 cm³/mol. The van der Waals surface area contributed by atoms with Crippen molar-refractivity contribution in [3.8, 4) is 11.5 Å². The van der Waals surface area contributed by atoms with E-state index in [0.29, 0.717) is 6.61 Å². The summed E-state index contributed by atoms with van der Waals surface area (Å²) < 4.78 is 10.8. The van der Waals surface area contributed by atoms with Crippen molar-refractivity contribution in [3.63, 3.8) is 0 Å². The molecule has 2 aromatic rings. The van der Waals surface area contributed by atoms with Gasteiger partial charge in [-0.25, -0.2) is 0 Å². The Balaban J connectivity index is 1.94. The quantitative estimate of drug-likeness (QED) is 0.894. The molecule has 3 nitrogen and oxygen atoms in total. The summed E-state index contributed by atoms with van der Waals surface area (Å²) in [4.78, 5) is 0. The highest BCUT2D eigenvalue weighted by Gasteiger charge is 2.01. The van der Waals surface area contributed by atoms with E-state index in [2.05, 4.69) is 0 Å². The van der Waals surface area contributed by atoms with Crippen LogP contribution in [0.2, 0.25) is 0 Å². The zero-order valence-corrected chi connectivity index (χ0v) is 11.2. The van der Waals surface area contributed by atoms with Crippen molar-refractivity contribution in [1.29, 1.82) is 0 Å². The van der Waals surface area contributed by atoms with Crippen molar-refractivity contribution in [3.05, 3.63) is 59.7 Å². The van der Waals surface area contributed by atoms with E-state index in [4.69, 9.17) is 9.47 Å². The second-order valence-electron chi connectivity index (χ2n) is 4.38.